The minimum Gasteiger partial charge on any atom is -0.378 e. The molecule has 25 heavy (non-hydrogen) atoms. The predicted molar refractivity (Wildman–Crippen MR) is 96.6 cm³/mol. The SMILES string of the molecule is CC(C)NC(=O)c1ccc(C(=O)N2CCC(OCC3CC3)CC2)cc1. The largest absolute Gasteiger partial charge is 0.378 e. The van der Waals surface area contributed by atoms with Crippen LogP contribution in [0.2, 0.25) is 0 Å². The number of nitrogens with one attached hydrogen (secondary N) is 1. The van der Waals surface area contributed by atoms with E-state index in [-0.39, 0.29) is 17.9 Å². The Balaban J connectivity index is 1.50. The second kappa shape index (κ2) is 8.00. The molecule has 1 aromatic carbocycles. The van der Waals surface area contributed by atoms with Crippen molar-refractivity contribution < 1.29 is 14.3 Å². The first-order valence-corrected chi connectivity index (χ1v) is 9.34. The van der Waals surface area contributed by atoms with Gasteiger partial charge in [0, 0.05) is 36.9 Å². The summed E-state index contributed by atoms with van der Waals surface area (Å²) < 4.78 is 5.93. The summed E-state index contributed by atoms with van der Waals surface area (Å²) in [6.07, 6.45) is 4.73. The Hall–Kier alpha value is -1.88. The highest BCUT2D eigenvalue weighted by Crippen LogP contribution is 2.30. The van der Waals surface area contributed by atoms with Crippen molar-refractivity contribution >= 4 is 11.8 Å². The summed E-state index contributed by atoms with van der Waals surface area (Å²) in [5.41, 5.74) is 1.22. The summed E-state index contributed by atoms with van der Waals surface area (Å²) in [6, 6.07) is 7.02. The monoisotopic (exact) mass is 344 g/mol. The Labute approximate surface area is 149 Å². The van der Waals surface area contributed by atoms with Crippen LogP contribution in [-0.4, -0.2) is 48.6 Å². The number of piperidine rings is 1. The van der Waals surface area contributed by atoms with Crippen molar-refractivity contribution in [2.75, 3.05) is 19.7 Å². The molecule has 1 N–H and O–H groups in total. The number of carbonyl (C=O) groups is 2. The molecular weight excluding hydrogens is 316 g/mol. The Kier molecular flexibility index (Phi) is 5.74. The standard InChI is InChI=1S/C20H28N2O3/c1-14(2)21-19(23)16-5-7-17(8-6-16)20(24)22-11-9-18(10-12-22)25-13-15-3-4-15/h5-8,14-15,18H,3-4,9-13H2,1-2H3,(H,21,23). The van der Waals surface area contributed by atoms with Crippen LogP contribution in [0.5, 0.6) is 0 Å². The van der Waals surface area contributed by atoms with Gasteiger partial charge in [-0.05, 0) is 69.7 Å². The van der Waals surface area contributed by atoms with Crippen LogP contribution in [-0.2, 0) is 4.74 Å². The molecule has 3 rings (SSSR count). The highest BCUT2D eigenvalue weighted by molar-refractivity contribution is 5.97. The Morgan fingerprint density at radius 2 is 1.68 bits per heavy atom. The molecule has 0 unspecified atom stereocenters. The van der Waals surface area contributed by atoms with Gasteiger partial charge in [-0.2, -0.15) is 0 Å². The first-order valence-electron chi connectivity index (χ1n) is 9.34. The van der Waals surface area contributed by atoms with Crippen molar-refractivity contribution in [3.05, 3.63) is 35.4 Å². The summed E-state index contributed by atoms with van der Waals surface area (Å²) in [6.45, 7) is 6.22. The summed E-state index contributed by atoms with van der Waals surface area (Å²) in [5, 5.41) is 2.85. The summed E-state index contributed by atoms with van der Waals surface area (Å²) in [5.74, 6) is 0.713. The van der Waals surface area contributed by atoms with Gasteiger partial charge in [-0.25, -0.2) is 0 Å². The lowest BCUT2D eigenvalue weighted by atomic mass is 10.1. The summed E-state index contributed by atoms with van der Waals surface area (Å²) >= 11 is 0. The van der Waals surface area contributed by atoms with Crippen LogP contribution in [0.25, 0.3) is 0 Å². The number of likely N-dealkylation sites (tertiary alicyclic amines) is 1. The topological polar surface area (TPSA) is 58.6 Å². The lowest BCUT2D eigenvalue weighted by Crippen LogP contribution is -2.41. The maximum Gasteiger partial charge on any atom is 0.253 e. The van der Waals surface area contributed by atoms with E-state index in [9.17, 15) is 9.59 Å². The summed E-state index contributed by atoms with van der Waals surface area (Å²) in [7, 11) is 0. The molecular formula is C20H28N2O3. The van der Waals surface area contributed by atoms with Gasteiger partial charge in [0.05, 0.1) is 6.10 Å². The Morgan fingerprint density at radius 3 is 2.24 bits per heavy atom. The van der Waals surface area contributed by atoms with Gasteiger partial charge in [0.15, 0.2) is 0 Å². The fraction of sp³-hybridized carbons (Fsp3) is 0.600. The average Bonchev–Trinajstić information content (AvgIpc) is 3.44. The third-order valence-corrected chi connectivity index (χ3v) is 4.81. The molecule has 1 aliphatic carbocycles. The average molecular weight is 344 g/mol. The van der Waals surface area contributed by atoms with E-state index >= 15 is 0 Å². The third-order valence-electron chi connectivity index (χ3n) is 4.81. The molecule has 5 nitrogen and oxygen atoms in total. The fourth-order valence-electron chi connectivity index (χ4n) is 3.07. The van der Waals surface area contributed by atoms with Gasteiger partial charge in [0.2, 0.25) is 0 Å². The molecule has 0 radical (unpaired) electrons. The van der Waals surface area contributed by atoms with E-state index in [1.807, 2.05) is 18.7 Å². The zero-order valence-corrected chi connectivity index (χ0v) is 15.2. The van der Waals surface area contributed by atoms with Crippen molar-refractivity contribution in [2.24, 2.45) is 5.92 Å². The number of rotatable bonds is 6. The van der Waals surface area contributed by atoms with Crippen molar-refractivity contribution in [2.45, 2.75) is 51.7 Å². The van der Waals surface area contributed by atoms with Gasteiger partial charge in [-0.3, -0.25) is 9.59 Å². The highest BCUT2D eigenvalue weighted by Gasteiger charge is 2.27. The molecule has 0 aromatic heterocycles. The van der Waals surface area contributed by atoms with E-state index in [4.69, 9.17) is 4.74 Å². The van der Waals surface area contributed by atoms with Crippen LogP contribution in [0.3, 0.4) is 0 Å². The van der Waals surface area contributed by atoms with Gasteiger partial charge in [-0.1, -0.05) is 0 Å². The molecule has 1 aliphatic heterocycles. The van der Waals surface area contributed by atoms with Crippen LogP contribution in [0, 0.1) is 5.92 Å². The van der Waals surface area contributed by atoms with Crippen LogP contribution >= 0.6 is 0 Å². The van der Waals surface area contributed by atoms with E-state index in [2.05, 4.69) is 5.32 Å². The first kappa shape index (κ1) is 17.9. The normalized spacial score (nSPS) is 18.4. The molecule has 0 atom stereocenters. The fourth-order valence-corrected chi connectivity index (χ4v) is 3.07. The highest BCUT2D eigenvalue weighted by atomic mass is 16.5. The van der Waals surface area contributed by atoms with Crippen LogP contribution in [0.1, 0.15) is 60.2 Å². The van der Waals surface area contributed by atoms with Crippen LogP contribution < -0.4 is 5.32 Å². The molecule has 0 bridgehead atoms. The maximum atomic E-state index is 12.6. The minimum absolute atomic E-state index is 0.0384. The maximum absolute atomic E-state index is 12.6. The third kappa shape index (κ3) is 5.05. The first-order chi connectivity index (χ1) is 12.0. The van der Waals surface area contributed by atoms with E-state index in [1.165, 1.54) is 12.8 Å². The van der Waals surface area contributed by atoms with E-state index in [0.717, 1.165) is 38.5 Å². The number of carbonyl (C=O) groups excluding carboxylic acids is 2. The number of ether oxygens (including phenoxy) is 1. The van der Waals surface area contributed by atoms with Gasteiger partial charge in [0.25, 0.3) is 11.8 Å². The summed E-state index contributed by atoms with van der Waals surface area (Å²) in [4.78, 5) is 26.5. The lowest BCUT2D eigenvalue weighted by Gasteiger charge is -2.32. The number of hydrogen-bond donors (Lipinski definition) is 1. The van der Waals surface area contributed by atoms with E-state index in [0.29, 0.717) is 17.2 Å². The van der Waals surface area contributed by atoms with E-state index in [1.54, 1.807) is 24.3 Å². The number of amides is 2. The van der Waals surface area contributed by atoms with E-state index < -0.39 is 0 Å². The number of benzene rings is 1. The lowest BCUT2D eigenvalue weighted by molar-refractivity contribution is 0.00410. The molecule has 0 spiro atoms. The molecule has 1 aromatic rings. The predicted octanol–water partition coefficient (Wildman–Crippen LogP) is 2.86. The Bertz CT molecular complexity index is 600. The number of nitrogens with zero attached hydrogens (tertiary/aromatic N) is 1. The Morgan fingerprint density at radius 1 is 1.08 bits per heavy atom. The smallest absolute Gasteiger partial charge is 0.253 e. The van der Waals surface area contributed by atoms with Crippen molar-refractivity contribution in [1.82, 2.24) is 10.2 Å². The second-order valence-electron chi connectivity index (χ2n) is 7.47. The molecule has 1 heterocycles. The minimum atomic E-state index is -0.109. The van der Waals surface area contributed by atoms with Crippen molar-refractivity contribution in [3.8, 4) is 0 Å². The van der Waals surface area contributed by atoms with Gasteiger partial charge in [0.1, 0.15) is 0 Å². The van der Waals surface area contributed by atoms with Gasteiger partial charge >= 0.3 is 0 Å². The van der Waals surface area contributed by atoms with Crippen molar-refractivity contribution in [3.63, 3.8) is 0 Å². The molecule has 136 valence electrons. The molecule has 2 aliphatic rings. The molecule has 2 fully saturated rings. The zero-order valence-electron chi connectivity index (χ0n) is 15.2. The van der Waals surface area contributed by atoms with Crippen LogP contribution in [0.4, 0.5) is 0 Å². The molecule has 1 saturated heterocycles. The van der Waals surface area contributed by atoms with Gasteiger partial charge < -0.3 is 15.0 Å². The second-order valence-corrected chi connectivity index (χ2v) is 7.47. The van der Waals surface area contributed by atoms with Crippen LogP contribution in [0.15, 0.2) is 24.3 Å². The number of hydrogen-bond acceptors (Lipinski definition) is 3. The molecule has 1 saturated carbocycles. The van der Waals surface area contributed by atoms with Gasteiger partial charge in [-0.15, -0.1) is 0 Å². The van der Waals surface area contributed by atoms with Crippen molar-refractivity contribution in [1.29, 1.82) is 0 Å². The quantitative estimate of drug-likeness (QED) is 0.863. The molecule has 5 heteroatoms. The zero-order chi connectivity index (χ0) is 17.8. The molecule has 2 amide bonds.